The minimum Gasteiger partial charge on any atom is -0.481 e. The maximum atomic E-state index is 11.8. The van der Waals surface area contributed by atoms with Gasteiger partial charge in [-0.1, -0.05) is 48.5 Å². The quantitative estimate of drug-likeness (QED) is 0.769. The van der Waals surface area contributed by atoms with Crippen molar-refractivity contribution in [1.82, 2.24) is 5.48 Å². The molecule has 0 aromatic heterocycles. The van der Waals surface area contributed by atoms with E-state index in [9.17, 15) is 9.59 Å². The van der Waals surface area contributed by atoms with Gasteiger partial charge in [-0.05, 0) is 17.7 Å². The standard InChI is InChI=1S/C17H17NO4/c19-16(20)11-15(13-7-3-1-4-8-13)12-18-22-17(21)14-9-5-2-6-10-14/h1-10,15,18H,11-12H2,(H,19,20)/t15-/m0/s1. The second kappa shape index (κ2) is 7.95. The average molecular weight is 299 g/mol. The molecule has 0 unspecified atom stereocenters. The van der Waals surface area contributed by atoms with Crippen LogP contribution < -0.4 is 5.48 Å². The Bertz CT molecular complexity index is 613. The Labute approximate surface area is 128 Å². The maximum Gasteiger partial charge on any atom is 0.356 e. The van der Waals surface area contributed by atoms with Gasteiger partial charge in [0.2, 0.25) is 0 Å². The number of hydrogen-bond acceptors (Lipinski definition) is 4. The summed E-state index contributed by atoms with van der Waals surface area (Å²) in [5.41, 5.74) is 3.89. The van der Waals surface area contributed by atoms with Crippen LogP contribution in [-0.4, -0.2) is 23.6 Å². The first-order valence-electron chi connectivity index (χ1n) is 6.92. The number of benzene rings is 2. The number of aliphatic carboxylic acids is 1. The molecule has 2 aromatic carbocycles. The summed E-state index contributed by atoms with van der Waals surface area (Å²) >= 11 is 0. The summed E-state index contributed by atoms with van der Waals surface area (Å²) in [7, 11) is 0. The smallest absolute Gasteiger partial charge is 0.356 e. The number of nitrogens with one attached hydrogen (secondary N) is 1. The van der Waals surface area contributed by atoms with E-state index in [-0.39, 0.29) is 18.9 Å². The van der Waals surface area contributed by atoms with Gasteiger partial charge in [0.05, 0.1) is 12.0 Å². The van der Waals surface area contributed by atoms with Gasteiger partial charge in [-0.3, -0.25) is 4.79 Å². The molecule has 0 bridgehead atoms. The molecule has 2 N–H and O–H groups in total. The van der Waals surface area contributed by atoms with Gasteiger partial charge in [0.1, 0.15) is 0 Å². The van der Waals surface area contributed by atoms with Crippen molar-refractivity contribution < 1.29 is 19.5 Å². The predicted molar refractivity (Wildman–Crippen MR) is 81.3 cm³/mol. The number of carbonyl (C=O) groups is 2. The van der Waals surface area contributed by atoms with Crippen molar-refractivity contribution >= 4 is 11.9 Å². The Morgan fingerprint density at radius 3 is 2.18 bits per heavy atom. The number of rotatable bonds is 7. The van der Waals surface area contributed by atoms with Gasteiger partial charge in [0.25, 0.3) is 0 Å². The highest BCUT2D eigenvalue weighted by Crippen LogP contribution is 2.18. The summed E-state index contributed by atoms with van der Waals surface area (Å²) < 4.78 is 0. The Morgan fingerprint density at radius 1 is 1.00 bits per heavy atom. The molecule has 0 radical (unpaired) electrons. The Balaban J connectivity index is 1.92. The van der Waals surface area contributed by atoms with Crippen LogP contribution in [0.5, 0.6) is 0 Å². The van der Waals surface area contributed by atoms with Crippen molar-refractivity contribution in [3.63, 3.8) is 0 Å². The van der Waals surface area contributed by atoms with E-state index in [4.69, 9.17) is 9.94 Å². The molecule has 22 heavy (non-hydrogen) atoms. The molecule has 114 valence electrons. The predicted octanol–water partition coefficient (Wildman–Crippen LogP) is 2.61. The Hall–Kier alpha value is -2.66. The molecule has 0 spiro atoms. The molecule has 0 aliphatic heterocycles. The zero-order valence-electron chi connectivity index (χ0n) is 11.9. The number of carbonyl (C=O) groups excluding carboxylic acids is 1. The van der Waals surface area contributed by atoms with Crippen molar-refractivity contribution in [3.8, 4) is 0 Å². The lowest BCUT2D eigenvalue weighted by Crippen LogP contribution is -2.26. The maximum absolute atomic E-state index is 11.8. The van der Waals surface area contributed by atoms with E-state index in [1.54, 1.807) is 24.3 Å². The second-order valence-electron chi connectivity index (χ2n) is 4.81. The molecular formula is C17H17NO4. The molecular weight excluding hydrogens is 282 g/mol. The van der Waals surface area contributed by atoms with Gasteiger partial charge in [-0.15, -0.1) is 0 Å². The lowest BCUT2D eigenvalue weighted by atomic mass is 9.96. The highest BCUT2D eigenvalue weighted by atomic mass is 16.7. The summed E-state index contributed by atoms with van der Waals surface area (Å²) in [6.45, 7) is 0.231. The van der Waals surface area contributed by atoms with E-state index in [2.05, 4.69) is 5.48 Å². The molecule has 0 saturated heterocycles. The Kier molecular flexibility index (Phi) is 5.68. The summed E-state index contributed by atoms with van der Waals surface area (Å²) in [4.78, 5) is 27.7. The van der Waals surface area contributed by atoms with Gasteiger partial charge in [0, 0.05) is 12.5 Å². The van der Waals surface area contributed by atoms with Crippen LogP contribution >= 0.6 is 0 Å². The topological polar surface area (TPSA) is 75.6 Å². The Morgan fingerprint density at radius 2 is 1.59 bits per heavy atom. The molecule has 0 heterocycles. The van der Waals surface area contributed by atoms with Gasteiger partial charge in [-0.25, -0.2) is 4.79 Å². The van der Waals surface area contributed by atoms with Gasteiger partial charge in [-0.2, -0.15) is 5.48 Å². The third-order valence-corrected chi connectivity index (χ3v) is 3.20. The molecule has 0 aliphatic carbocycles. The van der Waals surface area contributed by atoms with E-state index >= 15 is 0 Å². The van der Waals surface area contributed by atoms with E-state index in [0.29, 0.717) is 5.56 Å². The molecule has 0 fully saturated rings. The molecule has 5 heteroatoms. The van der Waals surface area contributed by atoms with Crippen LogP contribution in [0.25, 0.3) is 0 Å². The fourth-order valence-electron chi connectivity index (χ4n) is 2.08. The van der Waals surface area contributed by atoms with E-state index in [1.807, 2.05) is 36.4 Å². The van der Waals surface area contributed by atoms with E-state index in [1.165, 1.54) is 0 Å². The number of carboxylic acids is 1. The molecule has 0 amide bonds. The summed E-state index contributed by atoms with van der Waals surface area (Å²) in [6, 6.07) is 17.9. The van der Waals surface area contributed by atoms with Crippen molar-refractivity contribution in [2.45, 2.75) is 12.3 Å². The molecule has 2 aromatic rings. The van der Waals surface area contributed by atoms with Crippen molar-refractivity contribution in [3.05, 3.63) is 71.8 Å². The molecule has 1 atom stereocenters. The summed E-state index contributed by atoms with van der Waals surface area (Å²) in [5.74, 6) is -1.67. The van der Waals surface area contributed by atoms with Crippen LogP contribution in [0, 0.1) is 0 Å². The second-order valence-corrected chi connectivity index (χ2v) is 4.81. The lowest BCUT2D eigenvalue weighted by molar-refractivity contribution is -0.137. The monoisotopic (exact) mass is 299 g/mol. The zero-order valence-corrected chi connectivity index (χ0v) is 11.9. The number of carboxylic acid groups (broad SMARTS) is 1. The highest BCUT2D eigenvalue weighted by Gasteiger charge is 2.16. The molecule has 2 rings (SSSR count). The third-order valence-electron chi connectivity index (χ3n) is 3.20. The molecule has 5 nitrogen and oxygen atoms in total. The first-order valence-corrected chi connectivity index (χ1v) is 6.92. The number of hydroxylamine groups is 1. The lowest BCUT2D eigenvalue weighted by Gasteiger charge is -2.15. The minimum absolute atomic E-state index is 0.0418. The van der Waals surface area contributed by atoms with Crippen LogP contribution in [0.2, 0.25) is 0 Å². The van der Waals surface area contributed by atoms with Crippen molar-refractivity contribution in [2.24, 2.45) is 0 Å². The van der Waals surface area contributed by atoms with E-state index < -0.39 is 11.9 Å². The van der Waals surface area contributed by atoms with Gasteiger partial charge >= 0.3 is 11.9 Å². The van der Waals surface area contributed by atoms with Crippen LogP contribution in [0.15, 0.2) is 60.7 Å². The van der Waals surface area contributed by atoms with Crippen LogP contribution in [0.4, 0.5) is 0 Å². The first kappa shape index (κ1) is 15.7. The van der Waals surface area contributed by atoms with Crippen LogP contribution in [0.1, 0.15) is 28.3 Å². The SMILES string of the molecule is O=C(O)C[C@@H](CNOC(=O)c1ccccc1)c1ccccc1. The summed E-state index contributed by atoms with van der Waals surface area (Å²) in [5, 5.41) is 9.00. The fraction of sp³-hybridized carbons (Fsp3) is 0.176. The van der Waals surface area contributed by atoms with Crippen molar-refractivity contribution in [1.29, 1.82) is 0 Å². The zero-order chi connectivity index (χ0) is 15.8. The largest absolute Gasteiger partial charge is 0.481 e. The normalized spacial score (nSPS) is 11.6. The van der Waals surface area contributed by atoms with E-state index in [0.717, 1.165) is 5.56 Å². The highest BCUT2D eigenvalue weighted by molar-refractivity contribution is 5.89. The average Bonchev–Trinajstić information content (AvgIpc) is 2.55. The van der Waals surface area contributed by atoms with Crippen LogP contribution in [0.3, 0.4) is 0 Å². The third kappa shape index (κ3) is 4.71. The fourth-order valence-corrected chi connectivity index (χ4v) is 2.08. The van der Waals surface area contributed by atoms with Crippen molar-refractivity contribution in [2.75, 3.05) is 6.54 Å². The van der Waals surface area contributed by atoms with Gasteiger partial charge in [0.15, 0.2) is 0 Å². The van der Waals surface area contributed by atoms with Gasteiger partial charge < -0.3 is 9.94 Å². The first-order chi connectivity index (χ1) is 10.7. The number of hydrogen-bond donors (Lipinski definition) is 2. The minimum atomic E-state index is -0.898. The molecule has 0 aliphatic rings. The van der Waals surface area contributed by atoms with Crippen LogP contribution in [-0.2, 0) is 9.63 Å². The molecule has 0 saturated carbocycles. The summed E-state index contributed by atoms with van der Waals surface area (Å²) in [6.07, 6.45) is -0.0418.